The molecular formula is C8H10N6O2. The summed E-state index contributed by atoms with van der Waals surface area (Å²) in [5.74, 6) is -0.350. The van der Waals surface area contributed by atoms with Gasteiger partial charge in [-0.2, -0.15) is 0 Å². The van der Waals surface area contributed by atoms with E-state index in [9.17, 15) is 4.79 Å². The van der Waals surface area contributed by atoms with E-state index >= 15 is 0 Å². The van der Waals surface area contributed by atoms with Crippen LogP contribution in [-0.4, -0.2) is 32.6 Å². The van der Waals surface area contributed by atoms with Gasteiger partial charge in [0.25, 0.3) is 0 Å². The summed E-state index contributed by atoms with van der Waals surface area (Å²) in [5, 5.41) is 0. The van der Waals surface area contributed by atoms with Gasteiger partial charge >= 0.3 is 5.97 Å². The van der Waals surface area contributed by atoms with Gasteiger partial charge in [0.2, 0.25) is 0 Å². The summed E-state index contributed by atoms with van der Waals surface area (Å²) in [7, 11) is 1.25. The van der Waals surface area contributed by atoms with Crippen molar-refractivity contribution in [3.8, 4) is 0 Å². The number of nitrogens with two attached hydrogens (primary N) is 2. The molecule has 0 aromatic carbocycles. The molecule has 2 aromatic rings. The van der Waals surface area contributed by atoms with Gasteiger partial charge < -0.3 is 16.2 Å². The van der Waals surface area contributed by atoms with Crippen LogP contribution in [0.5, 0.6) is 0 Å². The molecule has 1 unspecified atom stereocenters. The van der Waals surface area contributed by atoms with Crippen LogP contribution in [0, 0.1) is 0 Å². The summed E-state index contributed by atoms with van der Waals surface area (Å²) in [5.41, 5.74) is 12.0. The van der Waals surface area contributed by atoms with Gasteiger partial charge in [-0.05, 0) is 0 Å². The van der Waals surface area contributed by atoms with Crippen molar-refractivity contribution >= 4 is 23.0 Å². The number of nitrogens with zero attached hydrogens (tertiary/aromatic N) is 4. The highest BCUT2D eigenvalue weighted by Crippen LogP contribution is 2.16. The molecule has 0 bridgehead atoms. The highest BCUT2D eigenvalue weighted by Gasteiger charge is 2.19. The Kier molecular flexibility index (Phi) is 2.41. The number of aromatic nitrogens is 4. The van der Waals surface area contributed by atoms with Gasteiger partial charge in [0.05, 0.1) is 13.4 Å². The molecule has 0 radical (unpaired) electrons. The minimum Gasteiger partial charge on any atom is -0.466 e. The maximum atomic E-state index is 11.3. The molecule has 2 rings (SSSR count). The molecule has 8 nitrogen and oxygen atoms in total. The Morgan fingerprint density at radius 3 is 2.94 bits per heavy atom. The molecule has 2 heterocycles. The van der Waals surface area contributed by atoms with Crippen molar-refractivity contribution in [1.29, 1.82) is 0 Å². The van der Waals surface area contributed by atoms with E-state index in [1.807, 2.05) is 0 Å². The van der Waals surface area contributed by atoms with E-state index in [0.29, 0.717) is 11.2 Å². The molecular weight excluding hydrogens is 212 g/mol. The van der Waals surface area contributed by atoms with E-state index < -0.39 is 12.1 Å². The molecule has 0 aliphatic rings. The zero-order valence-corrected chi connectivity index (χ0v) is 8.49. The largest absolute Gasteiger partial charge is 0.466 e. The number of esters is 1. The molecule has 0 spiro atoms. The van der Waals surface area contributed by atoms with Crippen LogP contribution in [-0.2, 0) is 9.53 Å². The molecule has 8 heteroatoms. The maximum absolute atomic E-state index is 11.3. The third kappa shape index (κ3) is 1.44. The second-order valence-electron chi connectivity index (χ2n) is 3.05. The van der Waals surface area contributed by atoms with Crippen LogP contribution in [0.2, 0.25) is 0 Å². The number of imidazole rings is 1. The maximum Gasteiger partial charge on any atom is 0.343 e. The number of ether oxygens (including phenoxy) is 1. The fourth-order valence-electron chi connectivity index (χ4n) is 1.31. The van der Waals surface area contributed by atoms with Crippen LogP contribution < -0.4 is 11.5 Å². The first-order valence-electron chi connectivity index (χ1n) is 4.41. The molecule has 84 valence electrons. The average Bonchev–Trinajstić information content (AvgIpc) is 2.72. The number of nitrogen functional groups attached to an aromatic ring is 1. The van der Waals surface area contributed by atoms with Gasteiger partial charge in [0, 0.05) is 0 Å². The smallest absolute Gasteiger partial charge is 0.343 e. The summed E-state index contributed by atoms with van der Waals surface area (Å²) in [6.07, 6.45) is 1.65. The number of fused-ring (bicyclic) bond motifs is 1. The van der Waals surface area contributed by atoms with Gasteiger partial charge in [-0.3, -0.25) is 4.57 Å². The van der Waals surface area contributed by atoms with Crippen molar-refractivity contribution < 1.29 is 9.53 Å². The van der Waals surface area contributed by atoms with Gasteiger partial charge in [0.1, 0.15) is 11.8 Å². The predicted molar refractivity (Wildman–Crippen MR) is 55.0 cm³/mol. The lowest BCUT2D eigenvalue weighted by Crippen LogP contribution is -2.28. The number of rotatable bonds is 2. The Morgan fingerprint density at radius 1 is 1.50 bits per heavy atom. The van der Waals surface area contributed by atoms with Crippen molar-refractivity contribution in [3.05, 3.63) is 12.7 Å². The second kappa shape index (κ2) is 3.74. The first-order chi connectivity index (χ1) is 7.65. The third-order valence-electron chi connectivity index (χ3n) is 2.13. The van der Waals surface area contributed by atoms with Gasteiger partial charge in [-0.1, -0.05) is 0 Å². The zero-order valence-electron chi connectivity index (χ0n) is 8.49. The second-order valence-corrected chi connectivity index (χ2v) is 3.05. The number of hydrogen-bond acceptors (Lipinski definition) is 7. The topological polar surface area (TPSA) is 122 Å². The lowest BCUT2D eigenvalue weighted by Gasteiger charge is -2.10. The number of carbonyl (C=O) groups is 1. The highest BCUT2D eigenvalue weighted by molar-refractivity contribution is 5.83. The van der Waals surface area contributed by atoms with E-state index in [0.717, 1.165) is 0 Å². The minimum atomic E-state index is -0.996. The van der Waals surface area contributed by atoms with E-state index in [1.54, 1.807) is 0 Å². The fourth-order valence-corrected chi connectivity index (χ4v) is 1.31. The highest BCUT2D eigenvalue weighted by atomic mass is 16.5. The van der Waals surface area contributed by atoms with Gasteiger partial charge in [0.15, 0.2) is 17.6 Å². The monoisotopic (exact) mass is 222 g/mol. The molecule has 0 saturated heterocycles. The van der Waals surface area contributed by atoms with Crippen LogP contribution in [0.3, 0.4) is 0 Å². The summed E-state index contributed by atoms with van der Waals surface area (Å²) < 4.78 is 5.90. The van der Waals surface area contributed by atoms with Crippen molar-refractivity contribution in [3.63, 3.8) is 0 Å². The Morgan fingerprint density at radius 2 is 2.25 bits per heavy atom. The first-order valence-corrected chi connectivity index (χ1v) is 4.41. The first kappa shape index (κ1) is 10.3. The Bertz CT molecular complexity index is 536. The van der Waals surface area contributed by atoms with E-state index in [4.69, 9.17) is 11.5 Å². The lowest BCUT2D eigenvalue weighted by atomic mass is 10.4. The Balaban J connectivity index is 2.54. The number of hydrogen-bond donors (Lipinski definition) is 2. The Labute approximate surface area is 90.2 Å². The van der Waals surface area contributed by atoms with Crippen LogP contribution in [0.4, 0.5) is 5.82 Å². The summed E-state index contributed by atoms with van der Waals surface area (Å²) >= 11 is 0. The van der Waals surface area contributed by atoms with Crippen molar-refractivity contribution in [2.24, 2.45) is 5.73 Å². The molecule has 2 aromatic heterocycles. The molecule has 0 fully saturated rings. The fraction of sp³-hybridized carbons (Fsp3) is 0.250. The quantitative estimate of drug-likeness (QED) is 0.627. The normalized spacial score (nSPS) is 12.6. The molecule has 0 aliphatic carbocycles. The number of carbonyl (C=O) groups excluding carboxylic acids is 1. The van der Waals surface area contributed by atoms with Crippen LogP contribution in [0.15, 0.2) is 12.7 Å². The van der Waals surface area contributed by atoms with Crippen molar-refractivity contribution in [2.75, 3.05) is 12.8 Å². The zero-order chi connectivity index (χ0) is 11.7. The van der Waals surface area contributed by atoms with E-state index in [2.05, 4.69) is 19.7 Å². The van der Waals surface area contributed by atoms with Crippen LogP contribution in [0.1, 0.15) is 6.17 Å². The van der Waals surface area contributed by atoms with E-state index in [1.165, 1.54) is 24.3 Å². The van der Waals surface area contributed by atoms with Gasteiger partial charge in [-0.25, -0.2) is 19.7 Å². The van der Waals surface area contributed by atoms with Crippen LogP contribution >= 0.6 is 0 Å². The molecule has 0 aliphatic heterocycles. The predicted octanol–water partition coefficient (Wildman–Crippen LogP) is -0.961. The third-order valence-corrected chi connectivity index (χ3v) is 2.13. The number of anilines is 1. The van der Waals surface area contributed by atoms with Crippen molar-refractivity contribution in [2.45, 2.75) is 6.17 Å². The summed E-state index contributed by atoms with van der Waals surface area (Å²) in [6.45, 7) is 0. The molecule has 16 heavy (non-hydrogen) atoms. The number of methoxy groups -OCH3 is 1. The molecule has 4 N–H and O–H groups in total. The standard InChI is InChI=1S/C8H10N6O2/c1-16-8(15)6(10)14-3-13-4-5(9)11-2-12-7(4)14/h2-3,6H,10H2,1H3,(H2,9,11,12). The van der Waals surface area contributed by atoms with Crippen LogP contribution in [0.25, 0.3) is 11.2 Å². The molecule has 1 atom stereocenters. The van der Waals surface area contributed by atoms with Crippen molar-refractivity contribution in [1.82, 2.24) is 19.5 Å². The van der Waals surface area contributed by atoms with Gasteiger partial charge in [-0.15, -0.1) is 0 Å². The summed E-state index contributed by atoms with van der Waals surface area (Å²) in [4.78, 5) is 23.0. The average molecular weight is 222 g/mol. The lowest BCUT2D eigenvalue weighted by molar-refractivity contribution is -0.144. The van der Waals surface area contributed by atoms with E-state index in [-0.39, 0.29) is 5.82 Å². The minimum absolute atomic E-state index is 0.237. The SMILES string of the molecule is COC(=O)C(N)n1cnc2c(N)ncnc21. The molecule has 0 saturated carbocycles. The Hall–Kier alpha value is -2.22. The summed E-state index contributed by atoms with van der Waals surface area (Å²) in [6, 6.07) is 0. The molecule has 0 amide bonds.